The molecule has 1 N–H and O–H groups in total. The molecule has 0 bridgehead atoms. The van der Waals surface area contributed by atoms with E-state index in [1.807, 2.05) is 17.6 Å². The Labute approximate surface area is 211 Å². The number of alkyl halides is 3. The predicted octanol–water partition coefficient (Wildman–Crippen LogP) is 6.81. The molecule has 4 aromatic rings. The van der Waals surface area contributed by atoms with Crippen molar-refractivity contribution in [3.05, 3.63) is 78.0 Å². The van der Waals surface area contributed by atoms with E-state index in [2.05, 4.69) is 4.74 Å². The third-order valence-corrected chi connectivity index (χ3v) is 6.08. The summed E-state index contributed by atoms with van der Waals surface area (Å²) in [4.78, 5) is 11.4. The van der Waals surface area contributed by atoms with Gasteiger partial charge in [0.25, 0.3) is 0 Å². The van der Waals surface area contributed by atoms with Gasteiger partial charge in [-0.15, -0.1) is 13.2 Å². The molecule has 0 fully saturated rings. The first-order chi connectivity index (χ1) is 17.6. The van der Waals surface area contributed by atoms with E-state index in [0.29, 0.717) is 46.5 Å². The van der Waals surface area contributed by atoms with Crippen LogP contribution < -0.4 is 14.2 Å². The normalized spacial score (nSPS) is 12.4. The first-order valence-corrected chi connectivity index (χ1v) is 11.6. The minimum absolute atomic E-state index is 0.290. The van der Waals surface area contributed by atoms with Crippen LogP contribution in [0.25, 0.3) is 22.0 Å². The highest BCUT2D eigenvalue weighted by Gasteiger charge is 2.33. The quantitative estimate of drug-likeness (QED) is 0.266. The maximum absolute atomic E-state index is 13.3. The highest BCUT2D eigenvalue weighted by atomic mass is 19.4. The third-order valence-electron chi connectivity index (χ3n) is 6.08. The van der Waals surface area contributed by atoms with Crippen LogP contribution in [0.5, 0.6) is 17.2 Å². The smallest absolute Gasteiger partial charge is 0.497 e. The molecular weight excluding hydrogens is 487 g/mol. The van der Waals surface area contributed by atoms with Crippen LogP contribution in [0.4, 0.5) is 13.2 Å². The van der Waals surface area contributed by atoms with Gasteiger partial charge in [0.1, 0.15) is 17.2 Å². The largest absolute Gasteiger partial charge is 0.573 e. The molecule has 3 aromatic carbocycles. The van der Waals surface area contributed by atoms with Crippen LogP contribution in [0, 0.1) is 6.92 Å². The second kappa shape index (κ2) is 10.5. The van der Waals surface area contributed by atoms with E-state index < -0.39 is 18.4 Å². The summed E-state index contributed by atoms with van der Waals surface area (Å²) in [5.41, 5.74) is 3.42. The van der Waals surface area contributed by atoms with Crippen molar-refractivity contribution >= 4 is 16.9 Å². The van der Waals surface area contributed by atoms with Crippen molar-refractivity contribution in [2.24, 2.45) is 0 Å². The fourth-order valence-electron chi connectivity index (χ4n) is 4.39. The van der Waals surface area contributed by atoms with Gasteiger partial charge >= 0.3 is 12.3 Å². The predicted molar refractivity (Wildman–Crippen MR) is 133 cm³/mol. The molecule has 0 saturated carbocycles. The SMILES string of the molecule is CC[C@@H](Oc1cccc(Cn2c(C)c(-c3ccc(OC)cc3)c3c(OC(F)(F)F)cccc32)c1)C(=O)O. The van der Waals surface area contributed by atoms with Crippen molar-refractivity contribution in [3.8, 4) is 28.4 Å². The van der Waals surface area contributed by atoms with E-state index in [1.54, 1.807) is 62.6 Å². The highest BCUT2D eigenvalue weighted by Crippen LogP contribution is 2.42. The fourth-order valence-corrected chi connectivity index (χ4v) is 4.39. The van der Waals surface area contributed by atoms with E-state index in [-0.39, 0.29) is 5.75 Å². The zero-order valence-corrected chi connectivity index (χ0v) is 20.5. The Hall–Kier alpha value is -4.14. The Morgan fingerprint density at radius 1 is 1.03 bits per heavy atom. The Bertz CT molecular complexity index is 1410. The molecule has 0 saturated heterocycles. The van der Waals surface area contributed by atoms with E-state index in [4.69, 9.17) is 9.47 Å². The summed E-state index contributed by atoms with van der Waals surface area (Å²) >= 11 is 0. The number of carboxylic acid groups (broad SMARTS) is 1. The van der Waals surface area contributed by atoms with E-state index in [9.17, 15) is 23.1 Å². The molecule has 1 atom stereocenters. The number of halogens is 3. The average Bonchev–Trinajstić information content (AvgIpc) is 3.14. The average molecular weight is 514 g/mol. The van der Waals surface area contributed by atoms with Gasteiger partial charge in [-0.1, -0.05) is 37.3 Å². The standard InChI is InChI=1S/C28H26F3NO5/c1-4-23(27(33)34)36-21-8-5-7-18(15-21)16-32-17(2)25(19-11-13-20(35-3)14-12-19)26-22(32)9-6-10-24(26)37-28(29,30)31/h5-15,23H,4,16H2,1-3H3,(H,33,34)/t23-/m1/s1. The third kappa shape index (κ3) is 5.66. The van der Waals surface area contributed by atoms with Crippen molar-refractivity contribution in [2.45, 2.75) is 39.3 Å². The summed E-state index contributed by atoms with van der Waals surface area (Å²) in [6, 6.07) is 18.7. The molecule has 1 aromatic heterocycles. The van der Waals surface area contributed by atoms with Gasteiger partial charge in [-0.25, -0.2) is 4.79 Å². The van der Waals surface area contributed by atoms with E-state index in [1.165, 1.54) is 12.1 Å². The number of fused-ring (bicyclic) bond motifs is 1. The van der Waals surface area contributed by atoms with Crippen molar-refractivity contribution in [1.82, 2.24) is 4.57 Å². The second-order valence-corrected chi connectivity index (χ2v) is 8.47. The number of aromatic nitrogens is 1. The molecule has 0 unspecified atom stereocenters. The lowest BCUT2D eigenvalue weighted by atomic mass is 10.0. The highest BCUT2D eigenvalue weighted by molar-refractivity contribution is 6.02. The minimum atomic E-state index is -4.85. The zero-order valence-electron chi connectivity index (χ0n) is 20.5. The first-order valence-electron chi connectivity index (χ1n) is 11.6. The van der Waals surface area contributed by atoms with E-state index in [0.717, 1.165) is 11.3 Å². The zero-order chi connectivity index (χ0) is 26.7. The fraction of sp³-hybridized carbons (Fsp3) is 0.250. The van der Waals surface area contributed by atoms with Gasteiger partial charge in [-0.2, -0.15) is 0 Å². The number of hydrogen-bond acceptors (Lipinski definition) is 4. The van der Waals surface area contributed by atoms with Crippen molar-refractivity contribution in [3.63, 3.8) is 0 Å². The van der Waals surface area contributed by atoms with Crippen molar-refractivity contribution < 1.29 is 37.3 Å². The molecule has 194 valence electrons. The maximum Gasteiger partial charge on any atom is 0.573 e. The summed E-state index contributed by atoms with van der Waals surface area (Å²) in [7, 11) is 1.54. The number of aliphatic carboxylic acids is 1. The molecule has 0 spiro atoms. The Morgan fingerprint density at radius 2 is 1.73 bits per heavy atom. The van der Waals surface area contributed by atoms with Crippen LogP contribution in [0.1, 0.15) is 24.6 Å². The summed E-state index contributed by atoms with van der Waals surface area (Å²) in [5.74, 6) is -0.318. The molecule has 9 heteroatoms. The molecule has 4 rings (SSSR count). The topological polar surface area (TPSA) is 69.9 Å². The summed E-state index contributed by atoms with van der Waals surface area (Å²) < 4.78 is 57.1. The number of carbonyl (C=O) groups is 1. The van der Waals surface area contributed by atoms with Gasteiger partial charge in [0.05, 0.1) is 18.0 Å². The number of ether oxygens (including phenoxy) is 3. The molecule has 6 nitrogen and oxygen atoms in total. The Kier molecular flexibility index (Phi) is 7.33. The molecule has 1 heterocycles. The molecule has 0 aliphatic carbocycles. The van der Waals surface area contributed by atoms with Gasteiger partial charge in [-0.3, -0.25) is 0 Å². The Balaban J connectivity index is 1.83. The number of methoxy groups -OCH3 is 1. The monoisotopic (exact) mass is 513 g/mol. The number of benzene rings is 3. The van der Waals surface area contributed by atoms with Crippen LogP contribution in [-0.4, -0.2) is 35.2 Å². The van der Waals surface area contributed by atoms with Gasteiger partial charge in [0.2, 0.25) is 0 Å². The van der Waals surface area contributed by atoms with Crippen LogP contribution in [-0.2, 0) is 11.3 Å². The summed E-state index contributed by atoms with van der Waals surface area (Å²) in [6.45, 7) is 3.88. The van der Waals surface area contributed by atoms with Gasteiger partial charge in [0, 0.05) is 17.8 Å². The van der Waals surface area contributed by atoms with E-state index >= 15 is 0 Å². The Morgan fingerprint density at radius 3 is 2.35 bits per heavy atom. The number of nitrogens with zero attached hydrogens (tertiary/aromatic N) is 1. The second-order valence-electron chi connectivity index (χ2n) is 8.47. The molecule has 0 amide bonds. The number of rotatable bonds is 9. The van der Waals surface area contributed by atoms with Crippen LogP contribution in [0.2, 0.25) is 0 Å². The first kappa shape index (κ1) is 25.9. The van der Waals surface area contributed by atoms with Gasteiger partial charge < -0.3 is 23.9 Å². The van der Waals surface area contributed by atoms with Crippen molar-refractivity contribution in [1.29, 1.82) is 0 Å². The molecular formula is C28H26F3NO5. The van der Waals surface area contributed by atoms with Crippen LogP contribution in [0.3, 0.4) is 0 Å². The number of hydrogen-bond donors (Lipinski definition) is 1. The molecule has 37 heavy (non-hydrogen) atoms. The lowest BCUT2D eigenvalue weighted by Crippen LogP contribution is -2.25. The molecule has 0 aliphatic rings. The number of carboxylic acids is 1. The summed E-state index contributed by atoms with van der Waals surface area (Å²) in [6.07, 6.45) is -5.53. The maximum atomic E-state index is 13.3. The lowest BCUT2D eigenvalue weighted by molar-refractivity contribution is -0.274. The van der Waals surface area contributed by atoms with Crippen LogP contribution >= 0.6 is 0 Å². The molecule has 0 aliphatic heterocycles. The van der Waals surface area contributed by atoms with Crippen molar-refractivity contribution in [2.75, 3.05) is 7.11 Å². The molecule has 0 radical (unpaired) electrons. The van der Waals surface area contributed by atoms with Crippen LogP contribution in [0.15, 0.2) is 66.7 Å². The summed E-state index contributed by atoms with van der Waals surface area (Å²) in [5, 5.41) is 9.66. The van der Waals surface area contributed by atoms with Gasteiger partial charge in [-0.05, 0) is 60.9 Å². The minimum Gasteiger partial charge on any atom is -0.497 e. The van der Waals surface area contributed by atoms with Gasteiger partial charge in [0.15, 0.2) is 6.10 Å². The lowest BCUT2D eigenvalue weighted by Gasteiger charge is -2.15.